The Kier molecular flexibility index (Phi) is 4.57. The van der Waals surface area contributed by atoms with Gasteiger partial charge in [0, 0.05) is 11.3 Å². The minimum atomic E-state index is -0.450. The lowest BCUT2D eigenvalue weighted by atomic mass is 10.1. The van der Waals surface area contributed by atoms with Gasteiger partial charge in [-0.25, -0.2) is 4.90 Å². The first-order chi connectivity index (χ1) is 14.9. The van der Waals surface area contributed by atoms with Crippen LogP contribution in [0.25, 0.3) is 0 Å². The summed E-state index contributed by atoms with van der Waals surface area (Å²) in [4.78, 5) is 39.0. The molecule has 2 aliphatic heterocycles. The molecule has 0 aliphatic carbocycles. The van der Waals surface area contributed by atoms with E-state index in [0.717, 1.165) is 4.90 Å². The van der Waals surface area contributed by atoms with Gasteiger partial charge >= 0.3 is 0 Å². The highest BCUT2D eigenvalue weighted by atomic mass is 35.5. The zero-order valence-electron chi connectivity index (χ0n) is 15.6. The Balaban J connectivity index is 1.40. The molecule has 0 bridgehead atoms. The molecule has 7 nitrogen and oxygen atoms in total. The smallest absolute Gasteiger partial charge is 0.266 e. The second kappa shape index (κ2) is 7.30. The number of halogens is 2. The average Bonchev–Trinajstić information content (AvgIpc) is 3.33. The monoisotopic (exact) mass is 454 g/mol. The molecule has 2 aliphatic rings. The van der Waals surface area contributed by atoms with E-state index in [2.05, 4.69) is 5.32 Å². The Morgan fingerprint density at radius 1 is 0.903 bits per heavy atom. The van der Waals surface area contributed by atoms with E-state index in [1.165, 1.54) is 24.3 Å². The molecule has 9 heteroatoms. The van der Waals surface area contributed by atoms with E-state index in [1.54, 1.807) is 30.3 Å². The van der Waals surface area contributed by atoms with E-state index in [1.807, 2.05) is 0 Å². The van der Waals surface area contributed by atoms with E-state index >= 15 is 0 Å². The third-order valence-electron chi connectivity index (χ3n) is 4.93. The molecule has 0 aromatic heterocycles. The van der Waals surface area contributed by atoms with E-state index in [0.29, 0.717) is 28.3 Å². The standard InChI is InChI=1S/C22H12Cl2N2O5/c23-15-9-12(25-20(27)11-7-16(24)19-18(8-11)30-10-31-19)5-6-17(15)26-21(28)13-3-1-2-4-14(13)22(26)29/h1-9H,10H2,(H,25,27). The largest absolute Gasteiger partial charge is 0.454 e. The molecule has 0 spiro atoms. The van der Waals surface area contributed by atoms with Crippen molar-refractivity contribution in [3.63, 3.8) is 0 Å². The van der Waals surface area contributed by atoms with Crippen molar-refractivity contribution in [1.82, 2.24) is 0 Å². The van der Waals surface area contributed by atoms with Crippen molar-refractivity contribution < 1.29 is 23.9 Å². The van der Waals surface area contributed by atoms with Gasteiger partial charge in [0.2, 0.25) is 6.79 Å². The van der Waals surface area contributed by atoms with Gasteiger partial charge < -0.3 is 14.8 Å². The number of imide groups is 1. The molecule has 31 heavy (non-hydrogen) atoms. The fourth-order valence-electron chi connectivity index (χ4n) is 3.48. The maximum absolute atomic E-state index is 12.7. The minimum Gasteiger partial charge on any atom is -0.454 e. The quantitative estimate of drug-likeness (QED) is 0.575. The first-order valence-corrected chi connectivity index (χ1v) is 9.87. The Labute approximate surface area is 186 Å². The van der Waals surface area contributed by atoms with E-state index < -0.39 is 17.7 Å². The SMILES string of the molecule is O=C(Nc1ccc(N2C(=O)c3ccccc3C2=O)c(Cl)c1)c1cc(Cl)c2c(c1)OCO2. The summed E-state index contributed by atoms with van der Waals surface area (Å²) in [6.07, 6.45) is 0. The molecular weight excluding hydrogens is 443 g/mol. The van der Waals surface area contributed by atoms with Crippen LogP contribution >= 0.6 is 23.2 Å². The second-order valence-corrected chi connectivity index (χ2v) is 7.62. The number of nitrogens with zero attached hydrogens (tertiary/aromatic N) is 1. The number of carbonyl (C=O) groups excluding carboxylic acids is 3. The fraction of sp³-hybridized carbons (Fsp3) is 0.0455. The highest BCUT2D eigenvalue weighted by molar-refractivity contribution is 6.40. The highest BCUT2D eigenvalue weighted by Crippen LogP contribution is 2.40. The molecule has 1 N–H and O–H groups in total. The zero-order chi connectivity index (χ0) is 21.7. The average molecular weight is 455 g/mol. The Morgan fingerprint density at radius 2 is 1.61 bits per heavy atom. The first-order valence-electron chi connectivity index (χ1n) is 9.12. The third kappa shape index (κ3) is 3.19. The maximum atomic E-state index is 12.7. The molecular formula is C22H12Cl2N2O5. The topological polar surface area (TPSA) is 84.9 Å². The van der Waals surface area contributed by atoms with Crippen LogP contribution in [0.5, 0.6) is 11.5 Å². The number of hydrogen-bond acceptors (Lipinski definition) is 5. The molecule has 0 radical (unpaired) electrons. The molecule has 0 saturated heterocycles. The number of fused-ring (bicyclic) bond motifs is 2. The molecule has 154 valence electrons. The van der Waals surface area contributed by atoms with Gasteiger partial charge in [0.05, 0.1) is 26.9 Å². The first kappa shape index (κ1) is 19.4. The number of hydrogen-bond donors (Lipinski definition) is 1. The summed E-state index contributed by atoms with van der Waals surface area (Å²) < 4.78 is 10.5. The number of anilines is 2. The van der Waals surface area contributed by atoms with E-state index in [-0.39, 0.29) is 28.1 Å². The predicted molar refractivity (Wildman–Crippen MR) is 115 cm³/mol. The summed E-state index contributed by atoms with van der Waals surface area (Å²) in [5, 5.41) is 3.11. The summed E-state index contributed by atoms with van der Waals surface area (Å²) in [6.45, 7) is 0.0367. The van der Waals surface area contributed by atoms with Crippen LogP contribution in [-0.2, 0) is 0 Å². The van der Waals surface area contributed by atoms with Gasteiger partial charge in [-0.05, 0) is 42.5 Å². The lowest BCUT2D eigenvalue weighted by Gasteiger charge is -2.16. The van der Waals surface area contributed by atoms with Gasteiger partial charge in [-0.2, -0.15) is 0 Å². The van der Waals surface area contributed by atoms with Crippen LogP contribution in [0.4, 0.5) is 11.4 Å². The summed E-state index contributed by atoms with van der Waals surface area (Å²) >= 11 is 12.5. The van der Waals surface area contributed by atoms with Crippen LogP contribution in [0.3, 0.4) is 0 Å². The third-order valence-corrected chi connectivity index (χ3v) is 5.51. The maximum Gasteiger partial charge on any atom is 0.266 e. The second-order valence-electron chi connectivity index (χ2n) is 6.80. The van der Waals surface area contributed by atoms with Crippen LogP contribution in [0.2, 0.25) is 10.0 Å². The molecule has 5 rings (SSSR count). The highest BCUT2D eigenvalue weighted by Gasteiger charge is 2.37. The summed E-state index contributed by atoms with van der Waals surface area (Å²) in [5.74, 6) is -0.559. The molecule has 0 atom stereocenters. The van der Waals surface area contributed by atoms with Crippen molar-refractivity contribution in [3.05, 3.63) is 81.3 Å². The number of carbonyl (C=O) groups is 3. The van der Waals surface area contributed by atoms with Gasteiger partial charge in [0.25, 0.3) is 17.7 Å². The van der Waals surface area contributed by atoms with E-state index in [4.69, 9.17) is 32.7 Å². The predicted octanol–water partition coefficient (Wildman–Crippen LogP) is 4.78. The summed E-state index contributed by atoms with van der Waals surface area (Å²) in [7, 11) is 0. The van der Waals surface area contributed by atoms with E-state index in [9.17, 15) is 14.4 Å². The number of rotatable bonds is 3. The summed E-state index contributed by atoms with van der Waals surface area (Å²) in [5.41, 5.74) is 1.53. The zero-order valence-corrected chi connectivity index (χ0v) is 17.2. The van der Waals surface area contributed by atoms with Crippen LogP contribution in [-0.4, -0.2) is 24.5 Å². The fourth-order valence-corrected chi connectivity index (χ4v) is 4.01. The minimum absolute atomic E-state index is 0.0367. The number of ether oxygens (including phenoxy) is 2. The van der Waals surface area contributed by atoms with Crippen molar-refractivity contribution in [2.24, 2.45) is 0 Å². The Morgan fingerprint density at radius 3 is 2.29 bits per heavy atom. The molecule has 3 amide bonds. The molecule has 2 heterocycles. The van der Waals surface area contributed by atoms with Crippen molar-refractivity contribution in [3.8, 4) is 11.5 Å². The van der Waals surface area contributed by atoms with Crippen LogP contribution in [0, 0.1) is 0 Å². The number of nitrogens with one attached hydrogen (secondary N) is 1. The van der Waals surface area contributed by atoms with Crippen molar-refractivity contribution in [2.45, 2.75) is 0 Å². The molecule has 0 unspecified atom stereocenters. The van der Waals surface area contributed by atoms with Crippen molar-refractivity contribution >= 4 is 52.3 Å². The van der Waals surface area contributed by atoms with Crippen molar-refractivity contribution in [1.29, 1.82) is 0 Å². The molecule has 0 fully saturated rings. The summed E-state index contributed by atoms with van der Waals surface area (Å²) in [6, 6.07) is 14.1. The lowest BCUT2D eigenvalue weighted by Crippen LogP contribution is -2.29. The van der Waals surface area contributed by atoms with Gasteiger partial charge in [-0.15, -0.1) is 0 Å². The van der Waals surface area contributed by atoms with Gasteiger partial charge in [0.15, 0.2) is 11.5 Å². The number of benzene rings is 3. The molecule has 3 aromatic rings. The van der Waals surface area contributed by atoms with Crippen LogP contribution in [0.1, 0.15) is 31.1 Å². The van der Waals surface area contributed by atoms with Crippen molar-refractivity contribution in [2.75, 3.05) is 17.0 Å². The molecule has 0 saturated carbocycles. The van der Waals surface area contributed by atoms with Crippen LogP contribution < -0.4 is 19.7 Å². The molecule has 3 aromatic carbocycles. The lowest BCUT2D eigenvalue weighted by molar-refractivity contribution is 0.0924. The number of amides is 3. The van der Waals surface area contributed by atoms with Crippen LogP contribution in [0.15, 0.2) is 54.6 Å². The van der Waals surface area contributed by atoms with Gasteiger partial charge in [-0.1, -0.05) is 35.3 Å². The Bertz CT molecular complexity index is 1260. The normalized spacial score (nSPS) is 14.1. The Hall–Kier alpha value is -3.55. The van der Waals surface area contributed by atoms with Gasteiger partial charge in [-0.3, -0.25) is 14.4 Å². The van der Waals surface area contributed by atoms with Gasteiger partial charge in [0.1, 0.15) is 0 Å².